The lowest BCUT2D eigenvalue weighted by Gasteiger charge is -2.09. The Labute approximate surface area is 81.5 Å². The third-order valence-corrected chi connectivity index (χ3v) is 2.09. The number of amides is 1. The van der Waals surface area contributed by atoms with Crippen molar-refractivity contribution < 1.29 is 4.79 Å². The molecule has 0 saturated carbocycles. The highest BCUT2D eigenvalue weighted by Crippen LogP contribution is 2.13. The van der Waals surface area contributed by atoms with Gasteiger partial charge in [-0.05, 0) is 18.2 Å². The molecule has 1 aromatic carbocycles. The summed E-state index contributed by atoms with van der Waals surface area (Å²) in [7, 11) is 3.48. The van der Waals surface area contributed by atoms with Crippen LogP contribution in [-0.4, -0.2) is 35.1 Å². The molecule has 0 aliphatic carbocycles. The minimum Gasteiger partial charge on any atom is -0.345 e. The fraction of sp³-hybridized carbons (Fsp3) is 0.200. The fourth-order valence-electron chi connectivity index (χ4n) is 1.33. The van der Waals surface area contributed by atoms with Gasteiger partial charge in [0.05, 0.1) is 11.7 Å². The number of H-pyrrole nitrogens is 1. The Morgan fingerprint density at radius 1 is 1.43 bits per heavy atom. The second kappa shape index (κ2) is 3.14. The molecule has 1 aromatic heterocycles. The molecular formula is C10H11N3O. The van der Waals surface area contributed by atoms with Gasteiger partial charge in [0.1, 0.15) is 0 Å². The minimum absolute atomic E-state index is 0.00750. The molecule has 4 heteroatoms. The number of nitrogens with one attached hydrogen (secondary N) is 1. The van der Waals surface area contributed by atoms with Gasteiger partial charge in [0.25, 0.3) is 5.91 Å². The Morgan fingerprint density at radius 2 is 2.21 bits per heavy atom. The maximum atomic E-state index is 11.6. The molecule has 0 atom stereocenters. The highest BCUT2D eigenvalue weighted by molar-refractivity contribution is 5.97. The van der Waals surface area contributed by atoms with Gasteiger partial charge in [-0.1, -0.05) is 0 Å². The number of benzene rings is 1. The van der Waals surface area contributed by atoms with E-state index in [-0.39, 0.29) is 5.91 Å². The number of carbonyl (C=O) groups excluding carboxylic acids is 1. The monoisotopic (exact) mass is 189 g/mol. The van der Waals surface area contributed by atoms with E-state index in [1.807, 2.05) is 12.1 Å². The van der Waals surface area contributed by atoms with Crippen LogP contribution in [0.1, 0.15) is 10.4 Å². The number of carbonyl (C=O) groups is 1. The first-order valence-electron chi connectivity index (χ1n) is 4.33. The van der Waals surface area contributed by atoms with Gasteiger partial charge in [-0.25, -0.2) is 0 Å². The van der Waals surface area contributed by atoms with Crippen molar-refractivity contribution in [3.8, 4) is 0 Å². The first-order chi connectivity index (χ1) is 6.68. The lowest BCUT2D eigenvalue weighted by molar-refractivity contribution is 0.0828. The van der Waals surface area contributed by atoms with E-state index in [0.29, 0.717) is 5.56 Å². The summed E-state index contributed by atoms with van der Waals surface area (Å²) in [5, 5.41) is 7.69. The molecule has 0 saturated heterocycles. The first-order valence-corrected chi connectivity index (χ1v) is 4.33. The van der Waals surface area contributed by atoms with Crippen molar-refractivity contribution in [3.05, 3.63) is 30.0 Å². The molecule has 0 unspecified atom stereocenters. The van der Waals surface area contributed by atoms with Crippen LogP contribution in [0.4, 0.5) is 0 Å². The van der Waals surface area contributed by atoms with Crippen LogP contribution in [0.15, 0.2) is 24.4 Å². The highest BCUT2D eigenvalue weighted by Gasteiger charge is 2.08. The maximum absolute atomic E-state index is 11.6. The second-order valence-corrected chi connectivity index (χ2v) is 3.37. The molecule has 72 valence electrons. The predicted molar refractivity (Wildman–Crippen MR) is 54.1 cm³/mol. The number of hydrogen-bond acceptors (Lipinski definition) is 2. The SMILES string of the molecule is CN(C)C(=O)c1ccc2[nH]ncc2c1. The zero-order chi connectivity index (χ0) is 10.1. The van der Waals surface area contributed by atoms with Gasteiger partial charge < -0.3 is 4.90 Å². The van der Waals surface area contributed by atoms with E-state index in [1.165, 1.54) is 0 Å². The van der Waals surface area contributed by atoms with E-state index in [1.54, 1.807) is 31.3 Å². The van der Waals surface area contributed by atoms with Crippen LogP contribution in [0, 0.1) is 0 Å². The summed E-state index contributed by atoms with van der Waals surface area (Å²) < 4.78 is 0. The lowest BCUT2D eigenvalue weighted by atomic mass is 10.1. The number of rotatable bonds is 1. The van der Waals surface area contributed by atoms with Gasteiger partial charge in [-0.3, -0.25) is 9.89 Å². The molecule has 1 N–H and O–H groups in total. The Hall–Kier alpha value is -1.84. The molecule has 4 nitrogen and oxygen atoms in total. The zero-order valence-electron chi connectivity index (χ0n) is 8.11. The minimum atomic E-state index is 0.00750. The van der Waals surface area contributed by atoms with Crippen LogP contribution in [0.2, 0.25) is 0 Å². The number of aromatic nitrogens is 2. The normalized spacial score (nSPS) is 10.4. The van der Waals surface area contributed by atoms with Gasteiger partial charge in [0.15, 0.2) is 0 Å². The largest absolute Gasteiger partial charge is 0.345 e. The fourth-order valence-corrected chi connectivity index (χ4v) is 1.33. The summed E-state index contributed by atoms with van der Waals surface area (Å²) in [6.45, 7) is 0. The van der Waals surface area contributed by atoms with Gasteiger partial charge in [0.2, 0.25) is 0 Å². The van der Waals surface area contributed by atoms with Crippen molar-refractivity contribution >= 4 is 16.8 Å². The molecule has 0 bridgehead atoms. The van der Waals surface area contributed by atoms with Crippen LogP contribution >= 0.6 is 0 Å². The third-order valence-electron chi connectivity index (χ3n) is 2.09. The lowest BCUT2D eigenvalue weighted by Crippen LogP contribution is -2.21. The smallest absolute Gasteiger partial charge is 0.253 e. The summed E-state index contributed by atoms with van der Waals surface area (Å²) in [4.78, 5) is 13.2. The Kier molecular flexibility index (Phi) is 1.96. The quantitative estimate of drug-likeness (QED) is 0.734. The van der Waals surface area contributed by atoms with Gasteiger partial charge >= 0.3 is 0 Å². The van der Waals surface area contributed by atoms with E-state index in [4.69, 9.17) is 0 Å². The molecule has 0 radical (unpaired) electrons. The average molecular weight is 189 g/mol. The van der Waals surface area contributed by atoms with Crippen molar-refractivity contribution in [1.29, 1.82) is 0 Å². The molecule has 1 amide bonds. The summed E-state index contributed by atoms with van der Waals surface area (Å²) in [5.41, 5.74) is 1.63. The van der Waals surface area contributed by atoms with Crippen LogP contribution in [0.5, 0.6) is 0 Å². The van der Waals surface area contributed by atoms with Crippen molar-refractivity contribution in [2.24, 2.45) is 0 Å². The van der Waals surface area contributed by atoms with Crippen molar-refractivity contribution in [3.63, 3.8) is 0 Å². The number of nitrogens with zero attached hydrogens (tertiary/aromatic N) is 2. The van der Waals surface area contributed by atoms with E-state index in [2.05, 4.69) is 10.2 Å². The van der Waals surface area contributed by atoms with E-state index in [0.717, 1.165) is 10.9 Å². The molecule has 2 rings (SSSR count). The molecule has 14 heavy (non-hydrogen) atoms. The van der Waals surface area contributed by atoms with Crippen LogP contribution in [0.3, 0.4) is 0 Å². The molecule has 0 fully saturated rings. The van der Waals surface area contributed by atoms with E-state index in [9.17, 15) is 4.79 Å². The Morgan fingerprint density at radius 3 is 2.93 bits per heavy atom. The first kappa shape index (κ1) is 8.74. The zero-order valence-corrected chi connectivity index (χ0v) is 8.11. The standard InChI is InChI=1S/C10H11N3O/c1-13(2)10(14)7-3-4-9-8(5-7)6-11-12-9/h3-6H,1-2H3,(H,11,12). The van der Waals surface area contributed by atoms with Crippen LogP contribution in [-0.2, 0) is 0 Å². The third kappa shape index (κ3) is 1.35. The molecule has 0 aliphatic heterocycles. The molecule has 1 heterocycles. The number of aromatic amines is 1. The van der Waals surface area contributed by atoms with Gasteiger partial charge in [-0.15, -0.1) is 0 Å². The molecular weight excluding hydrogens is 178 g/mol. The van der Waals surface area contributed by atoms with Crippen molar-refractivity contribution in [1.82, 2.24) is 15.1 Å². The molecule has 0 aliphatic rings. The predicted octanol–water partition coefficient (Wildman–Crippen LogP) is 1.26. The van der Waals surface area contributed by atoms with Crippen LogP contribution in [0.25, 0.3) is 10.9 Å². The summed E-state index contributed by atoms with van der Waals surface area (Å²) >= 11 is 0. The van der Waals surface area contributed by atoms with Crippen molar-refractivity contribution in [2.45, 2.75) is 0 Å². The van der Waals surface area contributed by atoms with E-state index >= 15 is 0 Å². The average Bonchev–Trinajstić information content (AvgIpc) is 2.62. The summed E-state index contributed by atoms with van der Waals surface area (Å²) in [5.74, 6) is 0.00750. The molecule has 0 spiro atoms. The van der Waals surface area contributed by atoms with Crippen LogP contribution < -0.4 is 0 Å². The summed E-state index contributed by atoms with van der Waals surface area (Å²) in [6.07, 6.45) is 1.71. The number of fused-ring (bicyclic) bond motifs is 1. The summed E-state index contributed by atoms with van der Waals surface area (Å²) in [6, 6.07) is 5.49. The van der Waals surface area contributed by atoms with Gasteiger partial charge in [-0.2, -0.15) is 5.10 Å². The highest BCUT2D eigenvalue weighted by atomic mass is 16.2. The van der Waals surface area contributed by atoms with Crippen molar-refractivity contribution in [2.75, 3.05) is 14.1 Å². The maximum Gasteiger partial charge on any atom is 0.253 e. The Balaban J connectivity index is 2.48. The van der Waals surface area contributed by atoms with E-state index < -0.39 is 0 Å². The molecule has 2 aromatic rings. The van der Waals surface area contributed by atoms with Gasteiger partial charge in [0, 0.05) is 25.0 Å². The Bertz CT molecular complexity index is 473. The number of hydrogen-bond donors (Lipinski definition) is 1. The second-order valence-electron chi connectivity index (χ2n) is 3.37. The topological polar surface area (TPSA) is 49.0 Å².